The summed E-state index contributed by atoms with van der Waals surface area (Å²) in [5.74, 6) is 0.0688. The van der Waals surface area contributed by atoms with Crippen LogP contribution in [0.25, 0.3) is 0 Å². The number of allylic oxidation sites excluding steroid dienone is 4. The Bertz CT molecular complexity index is 132. The molecule has 0 saturated carbocycles. The number of ketones is 1. The van der Waals surface area contributed by atoms with E-state index in [-0.39, 0.29) is 5.78 Å². The zero-order valence-electron chi connectivity index (χ0n) is 5.92. The van der Waals surface area contributed by atoms with Gasteiger partial charge in [-0.15, -0.1) is 0 Å². The summed E-state index contributed by atoms with van der Waals surface area (Å²) in [5, 5.41) is 0. The summed E-state index contributed by atoms with van der Waals surface area (Å²) in [4.78, 5) is 10.6. The van der Waals surface area contributed by atoms with Crippen LogP contribution < -0.4 is 0 Å². The van der Waals surface area contributed by atoms with Crippen LogP contribution in [0.15, 0.2) is 24.3 Å². The Kier molecular flexibility index (Phi) is 4.79. The topological polar surface area (TPSA) is 17.1 Å². The quantitative estimate of drug-likeness (QED) is 0.526. The average molecular weight is 124 g/mol. The highest BCUT2D eigenvalue weighted by molar-refractivity contribution is 5.98. The summed E-state index contributed by atoms with van der Waals surface area (Å²) in [6.07, 6.45) is 7.64. The molecule has 0 aliphatic rings. The molecule has 0 aromatic carbocycles. The molecule has 0 amide bonds. The monoisotopic (exact) mass is 124 g/mol. The molecule has 0 atom stereocenters. The lowest BCUT2D eigenvalue weighted by molar-refractivity contribution is -0.110. The van der Waals surface area contributed by atoms with Gasteiger partial charge in [0, 0.05) is 0 Å². The van der Waals surface area contributed by atoms with Gasteiger partial charge in [-0.1, -0.05) is 19.1 Å². The molecular formula is C8H12O. The lowest BCUT2D eigenvalue weighted by Gasteiger charge is -1.78. The minimum Gasteiger partial charge on any atom is -0.290 e. The van der Waals surface area contributed by atoms with E-state index in [4.69, 9.17) is 0 Å². The highest BCUT2D eigenvalue weighted by Crippen LogP contribution is 1.83. The van der Waals surface area contributed by atoms with E-state index in [9.17, 15) is 4.79 Å². The van der Waals surface area contributed by atoms with Crippen molar-refractivity contribution >= 4 is 5.78 Å². The van der Waals surface area contributed by atoms with Crippen molar-refractivity contribution in [2.24, 2.45) is 0 Å². The second kappa shape index (κ2) is 5.29. The van der Waals surface area contributed by atoms with Crippen LogP contribution in [0.3, 0.4) is 0 Å². The molecule has 0 aromatic heterocycles. The molecule has 50 valence electrons. The van der Waals surface area contributed by atoms with E-state index in [0.717, 1.165) is 6.42 Å². The molecule has 0 N–H and O–H groups in total. The van der Waals surface area contributed by atoms with Crippen molar-refractivity contribution in [3.63, 3.8) is 0 Å². The van der Waals surface area contributed by atoms with Crippen LogP contribution in [-0.4, -0.2) is 5.78 Å². The first kappa shape index (κ1) is 8.15. The molecule has 0 aromatic rings. The molecule has 1 heteroatoms. The normalized spacial score (nSPS) is 11.3. The number of carbonyl (C=O) groups is 1. The van der Waals surface area contributed by atoms with Crippen molar-refractivity contribution in [2.45, 2.75) is 20.3 Å². The van der Waals surface area contributed by atoms with Crippen LogP contribution >= 0.6 is 0 Å². The van der Waals surface area contributed by atoms with Crippen LogP contribution in [0.5, 0.6) is 0 Å². The van der Waals surface area contributed by atoms with Gasteiger partial charge in [0.25, 0.3) is 0 Å². The Morgan fingerprint density at radius 2 is 2.11 bits per heavy atom. The third kappa shape index (κ3) is 5.01. The Morgan fingerprint density at radius 1 is 1.44 bits per heavy atom. The minimum absolute atomic E-state index is 0.0688. The molecular weight excluding hydrogens is 112 g/mol. The lowest BCUT2D eigenvalue weighted by atomic mass is 10.3. The first-order valence-electron chi connectivity index (χ1n) is 3.14. The standard InChI is InChI=1S/C8H12O/c1-3-5-7-8(9)6-4-2/h4-7H,3H2,1-2H3/b6-4-,7-5-. The maximum atomic E-state index is 10.6. The molecule has 9 heavy (non-hydrogen) atoms. The van der Waals surface area contributed by atoms with Gasteiger partial charge in [0.05, 0.1) is 0 Å². The van der Waals surface area contributed by atoms with Gasteiger partial charge in [-0.3, -0.25) is 4.79 Å². The molecule has 0 aliphatic carbocycles. The molecule has 0 bridgehead atoms. The summed E-state index contributed by atoms with van der Waals surface area (Å²) >= 11 is 0. The number of carbonyl (C=O) groups excluding carboxylic acids is 1. The van der Waals surface area contributed by atoms with E-state index in [1.54, 1.807) is 18.2 Å². The van der Waals surface area contributed by atoms with Gasteiger partial charge in [-0.05, 0) is 25.5 Å². The van der Waals surface area contributed by atoms with Crippen LogP contribution in [0.2, 0.25) is 0 Å². The first-order chi connectivity index (χ1) is 4.31. The zero-order valence-corrected chi connectivity index (χ0v) is 5.92. The van der Waals surface area contributed by atoms with Crippen molar-refractivity contribution in [3.05, 3.63) is 24.3 Å². The Morgan fingerprint density at radius 3 is 2.56 bits per heavy atom. The fourth-order valence-corrected chi connectivity index (χ4v) is 0.454. The van der Waals surface area contributed by atoms with Crippen LogP contribution in [-0.2, 0) is 4.79 Å². The van der Waals surface area contributed by atoms with Crippen LogP contribution in [0, 0.1) is 0 Å². The van der Waals surface area contributed by atoms with Crippen molar-refractivity contribution in [2.75, 3.05) is 0 Å². The first-order valence-corrected chi connectivity index (χ1v) is 3.14. The van der Waals surface area contributed by atoms with E-state index < -0.39 is 0 Å². The summed E-state index contributed by atoms with van der Waals surface area (Å²) in [7, 11) is 0. The maximum Gasteiger partial charge on any atom is 0.177 e. The molecule has 0 unspecified atom stereocenters. The molecule has 0 radical (unpaired) electrons. The van der Waals surface area contributed by atoms with Crippen molar-refractivity contribution < 1.29 is 4.79 Å². The predicted octanol–water partition coefficient (Wildman–Crippen LogP) is 2.10. The van der Waals surface area contributed by atoms with E-state index in [1.165, 1.54) is 0 Å². The molecule has 0 fully saturated rings. The van der Waals surface area contributed by atoms with E-state index >= 15 is 0 Å². The Hall–Kier alpha value is -0.850. The van der Waals surface area contributed by atoms with Crippen molar-refractivity contribution in [1.29, 1.82) is 0 Å². The van der Waals surface area contributed by atoms with Gasteiger partial charge in [0.1, 0.15) is 0 Å². The third-order valence-electron chi connectivity index (χ3n) is 0.849. The van der Waals surface area contributed by atoms with Gasteiger partial charge in [-0.2, -0.15) is 0 Å². The Balaban J connectivity index is 3.63. The molecule has 0 heterocycles. The predicted molar refractivity (Wildman–Crippen MR) is 39.3 cm³/mol. The van der Waals surface area contributed by atoms with Gasteiger partial charge >= 0.3 is 0 Å². The highest BCUT2D eigenvalue weighted by Gasteiger charge is 1.82. The summed E-state index contributed by atoms with van der Waals surface area (Å²) in [6, 6.07) is 0. The highest BCUT2D eigenvalue weighted by atomic mass is 16.1. The van der Waals surface area contributed by atoms with Crippen LogP contribution in [0.4, 0.5) is 0 Å². The second-order valence-electron chi connectivity index (χ2n) is 1.71. The molecule has 1 nitrogen and oxygen atoms in total. The largest absolute Gasteiger partial charge is 0.290 e. The average Bonchev–Trinajstić information content (AvgIpc) is 1.85. The SMILES string of the molecule is C/C=C\C(=O)/C=C\CC. The number of hydrogen-bond acceptors (Lipinski definition) is 1. The van der Waals surface area contributed by atoms with E-state index in [1.807, 2.05) is 19.9 Å². The fourth-order valence-electron chi connectivity index (χ4n) is 0.454. The van der Waals surface area contributed by atoms with Crippen molar-refractivity contribution in [1.82, 2.24) is 0 Å². The third-order valence-corrected chi connectivity index (χ3v) is 0.849. The summed E-state index contributed by atoms with van der Waals surface area (Å²) < 4.78 is 0. The zero-order chi connectivity index (χ0) is 7.11. The molecule has 0 aliphatic heterocycles. The van der Waals surface area contributed by atoms with Crippen LogP contribution in [0.1, 0.15) is 20.3 Å². The number of hydrogen-bond donors (Lipinski definition) is 0. The summed E-state index contributed by atoms with van der Waals surface area (Å²) in [6.45, 7) is 3.83. The maximum absolute atomic E-state index is 10.6. The van der Waals surface area contributed by atoms with E-state index in [0.29, 0.717) is 0 Å². The van der Waals surface area contributed by atoms with Crippen molar-refractivity contribution in [3.8, 4) is 0 Å². The van der Waals surface area contributed by atoms with Gasteiger partial charge in [-0.25, -0.2) is 0 Å². The summed E-state index contributed by atoms with van der Waals surface area (Å²) in [5.41, 5.74) is 0. The molecule has 0 rings (SSSR count). The number of rotatable bonds is 3. The Labute approximate surface area is 56.1 Å². The van der Waals surface area contributed by atoms with Gasteiger partial charge < -0.3 is 0 Å². The second-order valence-corrected chi connectivity index (χ2v) is 1.71. The van der Waals surface area contributed by atoms with Gasteiger partial charge in [0.2, 0.25) is 0 Å². The van der Waals surface area contributed by atoms with E-state index in [2.05, 4.69) is 0 Å². The van der Waals surface area contributed by atoms with Gasteiger partial charge in [0.15, 0.2) is 5.78 Å². The molecule has 0 saturated heterocycles. The molecule has 0 spiro atoms. The fraction of sp³-hybridized carbons (Fsp3) is 0.375. The minimum atomic E-state index is 0.0688. The smallest absolute Gasteiger partial charge is 0.177 e. The lowest BCUT2D eigenvalue weighted by Crippen LogP contribution is -1.82.